The number of alkyl halides is 6. The van der Waals surface area contributed by atoms with Crippen LogP contribution in [-0.2, 0) is 21.9 Å². The van der Waals surface area contributed by atoms with E-state index in [1.807, 2.05) is 0 Å². The Balaban J connectivity index is 2.47. The number of hydrogen-bond donors (Lipinski definition) is 0. The van der Waals surface area contributed by atoms with E-state index >= 15 is 0 Å². The Morgan fingerprint density at radius 3 is 2.12 bits per heavy atom. The van der Waals surface area contributed by atoms with E-state index < -0.39 is 35.5 Å². The molecule has 0 saturated carbocycles. The molecule has 2 aromatic rings. The molecule has 0 bridgehead atoms. The van der Waals surface area contributed by atoms with Crippen LogP contribution < -0.4 is 0 Å². The summed E-state index contributed by atoms with van der Waals surface area (Å²) in [4.78, 5) is 11.7. The van der Waals surface area contributed by atoms with Crippen molar-refractivity contribution >= 4 is 5.97 Å². The molecule has 4 nitrogen and oxygen atoms in total. The number of halogens is 6. The third kappa shape index (κ3) is 4.36. The largest absolute Gasteiger partial charge is 0.464 e. The summed E-state index contributed by atoms with van der Waals surface area (Å²) in [7, 11) is 0. The lowest BCUT2D eigenvalue weighted by Gasteiger charge is -2.13. The van der Waals surface area contributed by atoms with Gasteiger partial charge in [0, 0.05) is 11.8 Å². The van der Waals surface area contributed by atoms with Gasteiger partial charge in [-0.15, -0.1) is 0 Å². The minimum atomic E-state index is -4.95. The van der Waals surface area contributed by atoms with E-state index in [0.29, 0.717) is 12.1 Å². The van der Waals surface area contributed by atoms with Crippen molar-refractivity contribution in [2.75, 3.05) is 6.61 Å². The van der Waals surface area contributed by atoms with E-state index in [-0.39, 0.29) is 23.9 Å². The lowest BCUT2D eigenvalue weighted by molar-refractivity contribution is -0.147. The molecular weight excluding hydrogens is 366 g/mol. The predicted octanol–water partition coefficient (Wildman–Crippen LogP) is 4.71. The highest BCUT2D eigenvalue weighted by Gasteiger charge is 2.37. The van der Waals surface area contributed by atoms with Gasteiger partial charge in [-0.05, 0) is 38.1 Å². The first-order valence-corrected chi connectivity index (χ1v) is 7.45. The highest BCUT2D eigenvalue weighted by molar-refractivity contribution is 5.73. The van der Waals surface area contributed by atoms with Crippen molar-refractivity contribution in [3.05, 3.63) is 41.6 Å². The number of benzene rings is 1. The van der Waals surface area contributed by atoms with Gasteiger partial charge >= 0.3 is 18.3 Å². The summed E-state index contributed by atoms with van der Waals surface area (Å²) in [5, 5.41) is 3.91. The molecule has 1 aromatic heterocycles. The maximum atomic E-state index is 12.9. The molecule has 0 aliphatic heterocycles. The van der Waals surface area contributed by atoms with Crippen molar-refractivity contribution in [2.45, 2.75) is 32.2 Å². The number of rotatable bonds is 4. The third-order valence-corrected chi connectivity index (χ3v) is 3.52. The van der Waals surface area contributed by atoms with Crippen LogP contribution in [0.4, 0.5) is 26.3 Å². The van der Waals surface area contributed by atoms with Gasteiger partial charge in [-0.2, -0.15) is 31.4 Å². The smallest absolute Gasteiger partial charge is 0.416 e. The van der Waals surface area contributed by atoms with Crippen LogP contribution in [0.5, 0.6) is 0 Å². The van der Waals surface area contributed by atoms with Crippen LogP contribution in [0, 0.1) is 0 Å². The second-order valence-corrected chi connectivity index (χ2v) is 5.40. The summed E-state index contributed by atoms with van der Waals surface area (Å²) in [6.07, 6.45) is -8.61. The van der Waals surface area contributed by atoms with Crippen molar-refractivity contribution in [1.82, 2.24) is 9.78 Å². The molecule has 1 aromatic carbocycles. The molecule has 1 heterocycles. The molecule has 1 atom stereocenters. The molecule has 26 heavy (non-hydrogen) atoms. The molecule has 0 aliphatic carbocycles. The molecule has 0 radical (unpaired) electrons. The van der Waals surface area contributed by atoms with E-state index in [2.05, 4.69) is 5.10 Å². The van der Waals surface area contributed by atoms with Gasteiger partial charge in [0.15, 0.2) is 0 Å². The number of esters is 1. The molecule has 2 rings (SSSR count). The maximum Gasteiger partial charge on any atom is 0.416 e. The van der Waals surface area contributed by atoms with Gasteiger partial charge in [-0.3, -0.25) is 4.68 Å². The molecular formula is C16H14F6N2O2. The van der Waals surface area contributed by atoms with E-state index in [1.165, 1.54) is 19.2 Å². The third-order valence-electron chi connectivity index (χ3n) is 3.52. The van der Waals surface area contributed by atoms with Crippen LogP contribution in [0.1, 0.15) is 31.0 Å². The standard InChI is InChI=1S/C16H14F6N2O2/c1-3-26-14(25)9(2)24-5-4-13(23-24)10-6-11(15(17,18)19)8-12(7-10)16(20,21)22/h4-9H,3H2,1-2H3. The van der Waals surface area contributed by atoms with Gasteiger partial charge in [0.25, 0.3) is 0 Å². The molecule has 1 unspecified atom stereocenters. The second kappa shape index (κ2) is 7.00. The van der Waals surface area contributed by atoms with E-state index in [1.54, 1.807) is 6.92 Å². The summed E-state index contributed by atoms with van der Waals surface area (Å²) in [6, 6.07) is 1.55. The van der Waals surface area contributed by atoms with Gasteiger partial charge in [0.05, 0.1) is 23.4 Å². The van der Waals surface area contributed by atoms with E-state index in [4.69, 9.17) is 4.74 Å². The molecule has 142 valence electrons. The summed E-state index contributed by atoms with van der Waals surface area (Å²) in [6.45, 7) is 3.17. The zero-order chi connectivity index (χ0) is 19.7. The molecule has 0 fully saturated rings. The van der Waals surface area contributed by atoms with Crippen LogP contribution in [0.25, 0.3) is 11.3 Å². The van der Waals surface area contributed by atoms with Crippen molar-refractivity contribution in [3.63, 3.8) is 0 Å². The second-order valence-electron chi connectivity index (χ2n) is 5.40. The fraction of sp³-hybridized carbons (Fsp3) is 0.375. The number of carbonyl (C=O) groups is 1. The molecule has 0 saturated heterocycles. The minimum Gasteiger partial charge on any atom is -0.464 e. The van der Waals surface area contributed by atoms with E-state index in [0.717, 1.165) is 4.68 Å². The zero-order valence-electron chi connectivity index (χ0n) is 13.6. The highest BCUT2D eigenvalue weighted by Crippen LogP contribution is 2.38. The fourth-order valence-electron chi connectivity index (χ4n) is 2.18. The summed E-state index contributed by atoms with van der Waals surface area (Å²) < 4.78 is 83.4. The van der Waals surface area contributed by atoms with Gasteiger partial charge in [0.1, 0.15) is 6.04 Å². The normalized spacial score (nSPS) is 13.5. The predicted molar refractivity (Wildman–Crippen MR) is 79.0 cm³/mol. The van der Waals surface area contributed by atoms with Crippen LogP contribution in [0.2, 0.25) is 0 Å². The quantitative estimate of drug-likeness (QED) is 0.570. The monoisotopic (exact) mass is 380 g/mol. The summed E-state index contributed by atoms with van der Waals surface area (Å²) >= 11 is 0. The zero-order valence-corrected chi connectivity index (χ0v) is 13.6. The van der Waals surface area contributed by atoms with E-state index in [9.17, 15) is 31.1 Å². The van der Waals surface area contributed by atoms with Gasteiger partial charge in [-0.1, -0.05) is 0 Å². The number of nitrogens with zero attached hydrogens (tertiary/aromatic N) is 2. The van der Waals surface area contributed by atoms with Gasteiger partial charge in [0.2, 0.25) is 0 Å². The lowest BCUT2D eigenvalue weighted by atomic mass is 10.0. The Hall–Kier alpha value is -2.52. The van der Waals surface area contributed by atoms with Crippen LogP contribution in [0.3, 0.4) is 0 Å². The lowest BCUT2D eigenvalue weighted by Crippen LogP contribution is -2.19. The average molecular weight is 380 g/mol. The fourth-order valence-corrected chi connectivity index (χ4v) is 2.18. The first kappa shape index (κ1) is 19.8. The number of ether oxygens (including phenoxy) is 1. The van der Waals surface area contributed by atoms with Crippen molar-refractivity contribution in [1.29, 1.82) is 0 Å². The molecule has 0 N–H and O–H groups in total. The SMILES string of the molecule is CCOC(=O)C(C)n1ccc(-c2cc(C(F)(F)F)cc(C(F)(F)F)c2)n1. The highest BCUT2D eigenvalue weighted by atomic mass is 19.4. The Kier molecular flexibility index (Phi) is 5.33. The molecule has 10 heteroatoms. The van der Waals surface area contributed by atoms with Gasteiger partial charge in [-0.25, -0.2) is 4.79 Å². The average Bonchev–Trinajstić information content (AvgIpc) is 3.02. The Morgan fingerprint density at radius 2 is 1.65 bits per heavy atom. The number of aromatic nitrogens is 2. The van der Waals surface area contributed by atoms with Crippen molar-refractivity contribution in [3.8, 4) is 11.3 Å². The first-order valence-electron chi connectivity index (χ1n) is 7.45. The molecule has 0 amide bonds. The molecule has 0 spiro atoms. The Labute approximate surface area is 144 Å². The van der Waals surface area contributed by atoms with Crippen molar-refractivity contribution < 1.29 is 35.9 Å². The summed E-state index contributed by atoms with van der Waals surface area (Å²) in [5.74, 6) is -0.623. The number of hydrogen-bond acceptors (Lipinski definition) is 3. The van der Waals surface area contributed by atoms with Crippen LogP contribution in [-0.4, -0.2) is 22.4 Å². The van der Waals surface area contributed by atoms with Gasteiger partial charge < -0.3 is 4.74 Å². The van der Waals surface area contributed by atoms with Crippen LogP contribution >= 0.6 is 0 Å². The topological polar surface area (TPSA) is 44.1 Å². The first-order chi connectivity index (χ1) is 11.9. The Morgan fingerprint density at radius 1 is 1.12 bits per heavy atom. The minimum absolute atomic E-state index is 0.0434. The maximum absolute atomic E-state index is 12.9. The summed E-state index contributed by atoms with van der Waals surface area (Å²) in [5.41, 5.74) is -3.36. The van der Waals surface area contributed by atoms with Crippen molar-refractivity contribution in [2.24, 2.45) is 0 Å². The Bertz CT molecular complexity index is 763. The van der Waals surface area contributed by atoms with Crippen LogP contribution in [0.15, 0.2) is 30.5 Å². The number of carbonyl (C=O) groups excluding carboxylic acids is 1. The molecule has 0 aliphatic rings.